The minimum absolute atomic E-state index is 0.0171. The molecule has 0 atom stereocenters. The lowest BCUT2D eigenvalue weighted by molar-refractivity contribution is 0.0764. The summed E-state index contributed by atoms with van der Waals surface area (Å²) in [5.41, 5.74) is 1.75. The molecule has 0 aliphatic rings. The van der Waals surface area contributed by atoms with Gasteiger partial charge in [0.1, 0.15) is 18.1 Å². The Morgan fingerprint density at radius 3 is 2.71 bits per heavy atom. The zero-order valence-electron chi connectivity index (χ0n) is 12.5. The molecular formula is C16H19BrN2O2. The van der Waals surface area contributed by atoms with Crippen LogP contribution in [0.5, 0.6) is 5.75 Å². The lowest BCUT2D eigenvalue weighted by Crippen LogP contribution is -2.32. The number of amides is 1. The standard InChI is InChI=1S/C16H19BrN2O2/c1-12-6-4-5-7-15(12)21-9-8-18(2)16(20)14-10-13(17)11-19(14)3/h4-7,10-11H,8-9H2,1-3H3. The normalized spacial score (nSPS) is 10.5. The molecule has 0 unspecified atom stereocenters. The van der Waals surface area contributed by atoms with E-state index in [0.717, 1.165) is 15.8 Å². The third-order valence-corrected chi connectivity index (χ3v) is 3.75. The summed E-state index contributed by atoms with van der Waals surface area (Å²) in [5, 5.41) is 0. The van der Waals surface area contributed by atoms with Gasteiger partial charge < -0.3 is 14.2 Å². The highest BCUT2D eigenvalue weighted by atomic mass is 79.9. The summed E-state index contributed by atoms with van der Waals surface area (Å²) < 4.78 is 8.43. The van der Waals surface area contributed by atoms with Crippen molar-refractivity contribution < 1.29 is 9.53 Å². The Kier molecular flexibility index (Phi) is 5.07. The highest BCUT2D eigenvalue weighted by Gasteiger charge is 2.15. The van der Waals surface area contributed by atoms with E-state index in [1.807, 2.05) is 55.1 Å². The molecule has 0 fully saturated rings. The second-order valence-electron chi connectivity index (χ2n) is 5.00. The number of aromatic nitrogens is 1. The molecular weight excluding hydrogens is 332 g/mol. The fourth-order valence-electron chi connectivity index (χ4n) is 2.04. The minimum atomic E-state index is -0.0171. The van der Waals surface area contributed by atoms with Gasteiger partial charge in [0.05, 0.1) is 6.54 Å². The van der Waals surface area contributed by atoms with Crippen LogP contribution >= 0.6 is 15.9 Å². The van der Waals surface area contributed by atoms with Crippen molar-refractivity contribution in [3.05, 3.63) is 52.3 Å². The Morgan fingerprint density at radius 2 is 2.10 bits per heavy atom. The second-order valence-corrected chi connectivity index (χ2v) is 5.91. The number of hydrogen-bond acceptors (Lipinski definition) is 2. The van der Waals surface area contributed by atoms with Gasteiger partial charge in [0.2, 0.25) is 0 Å². The summed E-state index contributed by atoms with van der Waals surface area (Å²) in [5.74, 6) is 0.844. The Balaban J connectivity index is 1.90. The van der Waals surface area contributed by atoms with Crippen LogP contribution in [0.25, 0.3) is 0 Å². The third-order valence-electron chi connectivity index (χ3n) is 3.32. The van der Waals surface area contributed by atoms with Gasteiger partial charge in [0.15, 0.2) is 0 Å². The number of para-hydroxylation sites is 1. The SMILES string of the molecule is Cc1ccccc1OCCN(C)C(=O)c1cc(Br)cn1C. The fourth-order valence-corrected chi connectivity index (χ4v) is 2.57. The van der Waals surface area contributed by atoms with Crippen LogP contribution in [0, 0.1) is 6.92 Å². The van der Waals surface area contributed by atoms with Crippen molar-refractivity contribution in [3.63, 3.8) is 0 Å². The Bertz CT molecular complexity index is 637. The maximum atomic E-state index is 12.3. The molecule has 0 saturated carbocycles. The quantitative estimate of drug-likeness (QED) is 0.829. The maximum absolute atomic E-state index is 12.3. The molecule has 0 spiro atoms. The number of hydrogen-bond donors (Lipinski definition) is 0. The van der Waals surface area contributed by atoms with Crippen LogP contribution in [-0.4, -0.2) is 35.6 Å². The van der Waals surface area contributed by atoms with Gasteiger partial charge in [-0.3, -0.25) is 4.79 Å². The van der Waals surface area contributed by atoms with Gasteiger partial charge in [-0.2, -0.15) is 0 Å². The summed E-state index contributed by atoms with van der Waals surface area (Å²) >= 11 is 3.38. The fraction of sp³-hybridized carbons (Fsp3) is 0.312. The topological polar surface area (TPSA) is 34.5 Å². The Morgan fingerprint density at radius 1 is 1.38 bits per heavy atom. The highest BCUT2D eigenvalue weighted by molar-refractivity contribution is 9.10. The van der Waals surface area contributed by atoms with Crippen molar-refractivity contribution in [1.82, 2.24) is 9.47 Å². The number of carbonyl (C=O) groups excluding carboxylic acids is 1. The number of rotatable bonds is 5. The summed E-state index contributed by atoms with van der Waals surface area (Å²) in [6, 6.07) is 9.68. The van der Waals surface area contributed by atoms with Crippen LogP contribution in [0.15, 0.2) is 41.0 Å². The van der Waals surface area contributed by atoms with Crippen LogP contribution in [0.4, 0.5) is 0 Å². The van der Waals surface area contributed by atoms with E-state index in [0.29, 0.717) is 18.8 Å². The number of halogens is 1. The average molecular weight is 351 g/mol. The summed E-state index contributed by atoms with van der Waals surface area (Å²) in [4.78, 5) is 14.0. The first-order valence-electron chi connectivity index (χ1n) is 6.75. The Labute approximate surface area is 133 Å². The van der Waals surface area contributed by atoms with E-state index in [-0.39, 0.29) is 5.91 Å². The van der Waals surface area contributed by atoms with E-state index in [1.54, 1.807) is 11.9 Å². The molecule has 1 amide bonds. The molecule has 0 bridgehead atoms. The zero-order valence-corrected chi connectivity index (χ0v) is 14.1. The number of likely N-dealkylation sites (N-methyl/N-ethyl adjacent to an activating group) is 1. The van der Waals surface area contributed by atoms with E-state index in [4.69, 9.17) is 4.74 Å². The summed E-state index contributed by atoms with van der Waals surface area (Å²) in [6.07, 6.45) is 1.87. The van der Waals surface area contributed by atoms with E-state index >= 15 is 0 Å². The number of ether oxygens (including phenoxy) is 1. The first-order chi connectivity index (χ1) is 9.99. The molecule has 21 heavy (non-hydrogen) atoms. The van der Waals surface area contributed by atoms with Gasteiger partial charge in [-0.15, -0.1) is 0 Å². The van der Waals surface area contributed by atoms with E-state index < -0.39 is 0 Å². The molecule has 112 valence electrons. The molecule has 5 heteroatoms. The van der Waals surface area contributed by atoms with Crippen LogP contribution in [0.2, 0.25) is 0 Å². The molecule has 0 aliphatic carbocycles. The molecule has 0 saturated heterocycles. The van der Waals surface area contributed by atoms with Gasteiger partial charge in [-0.05, 0) is 40.5 Å². The number of benzene rings is 1. The van der Waals surface area contributed by atoms with E-state index in [1.165, 1.54) is 0 Å². The maximum Gasteiger partial charge on any atom is 0.270 e. The third kappa shape index (κ3) is 3.88. The average Bonchev–Trinajstić information content (AvgIpc) is 2.79. The molecule has 2 rings (SSSR count). The second kappa shape index (κ2) is 6.80. The molecule has 0 radical (unpaired) electrons. The van der Waals surface area contributed by atoms with Crippen molar-refractivity contribution in [2.75, 3.05) is 20.2 Å². The summed E-state index contributed by atoms with van der Waals surface area (Å²) in [6.45, 7) is 3.01. The minimum Gasteiger partial charge on any atom is -0.491 e. The molecule has 0 aliphatic heterocycles. The molecule has 2 aromatic rings. The predicted octanol–water partition coefficient (Wildman–Crippen LogP) is 3.25. The molecule has 1 heterocycles. The van der Waals surface area contributed by atoms with Crippen molar-refractivity contribution >= 4 is 21.8 Å². The molecule has 1 aromatic carbocycles. The highest BCUT2D eigenvalue weighted by Crippen LogP contribution is 2.17. The van der Waals surface area contributed by atoms with Crippen molar-refractivity contribution in [2.24, 2.45) is 7.05 Å². The van der Waals surface area contributed by atoms with E-state index in [2.05, 4.69) is 15.9 Å². The first-order valence-corrected chi connectivity index (χ1v) is 7.54. The number of carbonyl (C=O) groups is 1. The van der Waals surface area contributed by atoms with Gasteiger partial charge >= 0.3 is 0 Å². The van der Waals surface area contributed by atoms with E-state index in [9.17, 15) is 4.79 Å². The van der Waals surface area contributed by atoms with Crippen LogP contribution in [0.1, 0.15) is 16.1 Å². The van der Waals surface area contributed by atoms with Crippen LogP contribution in [-0.2, 0) is 7.05 Å². The molecule has 4 nitrogen and oxygen atoms in total. The van der Waals surface area contributed by atoms with Crippen molar-refractivity contribution in [1.29, 1.82) is 0 Å². The lowest BCUT2D eigenvalue weighted by atomic mass is 10.2. The van der Waals surface area contributed by atoms with Gasteiger partial charge in [-0.1, -0.05) is 18.2 Å². The van der Waals surface area contributed by atoms with Gasteiger partial charge in [-0.25, -0.2) is 0 Å². The lowest BCUT2D eigenvalue weighted by Gasteiger charge is -2.18. The van der Waals surface area contributed by atoms with Crippen molar-refractivity contribution in [2.45, 2.75) is 6.92 Å². The van der Waals surface area contributed by atoms with Crippen LogP contribution in [0.3, 0.4) is 0 Å². The number of aryl methyl sites for hydroxylation is 2. The monoisotopic (exact) mass is 350 g/mol. The van der Waals surface area contributed by atoms with Gasteiger partial charge in [0, 0.05) is 24.8 Å². The number of nitrogens with zero attached hydrogens (tertiary/aromatic N) is 2. The first kappa shape index (κ1) is 15.6. The van der Waals surface area contributed by atoms with Crippen LogP contribution < -0.4 is 4.74 Å². The smallest absolute Gasteiger partial charge is 0.270 e. The zero-order chi connectivity index (χ0) is 15.4. The molecule has 1 aromatic heterocycles. The van der Waals surface area contributed by atoms with Crippen molar-refractivity contribution in [3.8, 4) is 5.75 Å². The predicted molar refractivity (Wildman–Crippen MR) is 86.7 cm³/mol. The Hall–Kier alpha value is -1.75. The largest absolute Gasteiger partial charge is 0.491 e. The van der Waals surface area contributed by atoms with Gasteiger partial charge in [0.25, 0.3) is 5.91 Å². The summed E-state index contributed by atoms with van der Waals surface area (Å²) in [7, 11) is 3.64. The molecule has 0 N–H and O–H groups in total.